The number of carbonyl (C=O) groups is 1. The van der Waals surface area contributed by atoms with E-state index in [4.69, 9.17) is 5.41 Å². The summed E-state index contributed by atoms with van der Waals surface area (Å²) in [6.45, 7) is 5.82. The number of aromatic nitrogens is 1. The Labute approximate surface area is 194 Å². The highest BCUT2D eigenvalue weighted by molar-refractivity contribution is 8.27. The molecule has 0 unspecified atom stereocenters. The number of nitrogens with zero attached hydrogens (tertiary/aromatic N) is 4. The molecule has 2 aliphatic rings. The third kappa shape index (κ3) is 3.72. The van der Waals surface area contributed by atoms with Gasteiger partial charge in [-0.15, -0.1) is 0 Å². The zero-order valence-electron chi connectivity index (χ0n) is 18.3. The van der Waals surface area contributed by atoms with Gasteiger partial charge in [-0.2, -0.15) is 15.1 Å². The van der Waals surface area contributed by atoms with Crippen LogP contribution in [0.1, 0.15) is 28.1 Å². The Morgan fingerprint density at radius 3 is 2.61 bits per heavy atom. The molecule has 0 saturated carbocycles. The average Bonchev–Trinajstić information content (AvgIpc) is 3.31. The number of aliphatic imine (C=N–C) groups is 1. The zero-order valence-corrected chi connectivity index (χ0v) is 19.1. The fourth-order valence-corrected chi connectivity index (χ4v) is 4.88. The van der Waals surface area contributed by atoms with E-state index in [0.29, 0.717) is 15.9 Å². The minimum Gasteiger partial charge on any atom is -0.318 e. The van der Waals surface area contributed by atoms with E-state index in [1.165, 1.54) is 28.9 Å². The highest BCUT2D eigenvalue weighted by Gasteiger charge is 2.36. The van der Waals surface area contributed by atoms with Crippen molar-refractivity contribution in [3.63, 3.8) is 0 Å². The van der Waals surface area contributed by atoms with Crippen molar-refractivity contribution in [2.24, 2.45) is 10.1 Å². The van der Waals surface area contributed by atoms with E-state index >= 15 is 0 Å². The zero-order chi connectivity index (χ0) is 23.3. The summed E-state index contributed by atoms with van der Waals surface area (Å²) < 4.78 is 15.7. The summed E-state index contributed by atoms with van der Waals surface area (Å²) in [7, 11) is 0. The van der Waals surface area contributed by atoms with Crippen molar-refractivity contribution < 1.29 is 9.18 Å². The van der Waals surface area contributed by atoms with Crippen LogP contribution in [0.15, 0.2) is 70.3 Å². The van der Waals surface area contributed by atoms with E-state index in [0.717, 1.165) is 28.1 Å². The second-order valence-electron chi connectivity index (χ2n) is 7.94. The van der Waals surface area contributed by atoms with Gasteiger partial charge in [-0.25, -0.2) is 4.39 Å². The Balaban J connectivity index is 1.52. The summed E-state index contributed by atoms with van der Waals surface area (Å²) in [4.78, 5) is 17.0. The monoisotopic (exact) mass is 457 g/mol. The molecule has 1 N–H and O–H groups in total. The Bertz CT molecular complexity index is 1430. The molecule has 0 saturated heterocycles. The molecule has 0 aliphatic carbocycles. The fraction of sp³-hybridized carbons (Fsp3) is 0.120. The van der Waals surface area contributed by atoms with Gasteiger partial charge in [0.25, 0.3) is 5.91 Å². The summed E-state index contributed by atoms with van der Waals surface area (Å²) >= 11 is 1.28. The number of rotatable bonds is 3. The highest BCUT2D eigenvalue weighted by atomic mass is 32.2. The van der Waals surface area contributed by atoms with Gasteiger partial charge in [-0.05, 0) is 74.5 Å². The van der Waals surface area contributed by atoms with E-state index in [2.05, 4.69) is 10.1 Å². The van der Waals surface area contributed by atoms with Crippen molar-refractivity contribution in [2.75, 3.05) is 0 Å². The number of aryl methyl sites for hydroxylation is 2. The van der Waals surface area contributed by atoms with Crippen molar-refractivity contribution in [3.8, 4) is 5.69 Å². The van der Waals surface area contributed by atoms with Crippen molar-refractivity contribution in [1.29, 1.82) is 5.41 Å². The first-order chi connectivity index (χ1) is 15.8. The summed E-state index contributed by atoms with van der Waals surface area (Å²) in [5.74, 6) is -0.814. The van der Waals surface area contributed by atoms with Gasteiger partial charge in [0.2, 0.25) is 5.17 Å². The second-order valence-corrected chi connectivity index (χ2v) is 8.89. The first-order valence-electron chi connectivity index (χ1n) is 10.3. The van der Waals surface area contributed by atoms with Crippen molar-refractivity contribution in [2.45, 2.75) is 20.8 Å². The SMILES string of the molecule is Cc1cccc(C2=NN3C(=N)/C(=C\c4cc(C)n(-c5cccc(F)c5)c4C)C(=O)N=C3S2)c1. The minimum absolute atomic E-state index is 0.0179. The third-order valence-electron chi connectivity index (χ3n) is 5.56. The lowest BCUT2D eigenvalue weighted by Gasteiger charge is -2.20. The Hall–Kier alpha value is -3.78. The first kappa shape index (κ1) is 21.1. The molecule has 0 fully saturated rings. The van der Waals surface area contributed by atoms with Crippen LogP contribution in [0.4, 0.5) is 4.39 Å². The van der Waals surface area contributed by atoms with Crippen LogP contribution in [-0.4, -0.2) is 31.5 Å². The maximum Gasteiger partial charge on any atom is 0.283 e. The van der Waals surface area contributed by atoms with Gasteiger partial charge in [0, 0.05) is 22.6 Å². The number of amidine groups is 2. The van der Waals surface area contributed by atoms with E-state index < -0.39 is 5.91 Å². The minimum atomic E-state index is -0.477. The number of fused-ring (bicyclic) bond motifs is 1. The molecular weight excluding hydrogens is 437 g/mol. The lowest BCUT2D eigenvalue weighted by Crippen LogP contribution is -2.35. The maximum absolute atomic E-state index is 13.8. The Morgan fingerprint density at radius 2 is 1.85 bits per heavy atom. The smallest absolute Gasteiger partial charge is 0.283 e. The molecule has 3 heterocycles. The van der Waals surface area contributed by atoms with Gasteiger partial charge >= 0.3 is 0 Å². The number of hydrazone groups is 1. The van der Waals surface area contributed by atoms with E-state index in [1.54, 1.807) is 12.1 Å². The average molecular weight is 458 g/mol. The molecule has 2 aromatic carbocycles. The van der Waals surface area contributed by atoms with Gasteiger partial charge in [-0.1, -0.05) is 29.8 Å². The molecule has 0 spiro atoms. The molecule has 164 valence electrons. The number of nitrogens with one attached hydrogen (secondary N) is 1. The molecule has 3 aromatic rings. The molecule has 33 heavy (non-hydrogen) atoms. The topological polar surface area (TPSA) is 73.8 Å². The number of carbonyl (C=O) groups excluding carboxylic acids is 1. The lowest BCUT2D eigenvalue weighted by atomic mass is 10.1. The van der Waals surface area contributed by atoms with Gasteiger partial charge in [0.05, 0.1) is 5.57 Å². The van der Waals surface area contributed by atoms with Gasteiger partial charge in [0.1, 0.15) is 10.9 Å². The van der Waals surface area contributed by atoms with Gasteiger partial charge in [-0.3, -0.25) is 10.2 Å². The van der Waals surface area contributed by atoms with Crippen LogP contribution in [0.3, 0.4) is 0 Å². The van der Waals surface area contributed by atoms with E-state index in [9.17, 15) is 9.18 Å². The predicted molar refractivity (Wildman–Crippen MR) is 130 cm³/mol. The molecule has 0 atom stereocenters. The predicted octanol–water partition coefficient (Wildman–Crippen LogP) is 5.21. The van der Waals surface area contributed by atoms with Crippen LogP contribution in [0.2, 0.25) is 0 Å². The van der Waals surface area contributed by atoms with Crippen molar-refractivity contribution in [3.05, 3.63) is 94.1 Å². The maximum atomic E-state index is 13.8. The lowest BCUT2D eigenvalue weighted by molar-refractivity contribution is -0.114. The summed E-state index contributed by atoms with van der Waals surface area (Å²) in [5.41, 5.74) is 5.36. The van der Waals surface area contributed by atoms with Gasteiger partial charge < -0.3 is 4.57 Å². The molecule has 0 bridgehead atoms. The normalized spacial score (nSPS) is 16.8. The first-order valence-corrected chi connectivity index (χ1v) is 11.2. The molecule has 1 amide bonds. The Morgan fingerprint density at radius 1 is 1.06 bits per heavy atom. The number of hydrogen-bond donors (Lipinski definition) is 1. The number of thioether (sulfide) groups is 1. The van der Waals surface area contributed by atoms with Crippen molar-refractivity contribution >= 4 is 39.8 Å². The molecule has 2 aliphatic heterocycles. The van der Waals surface area contributed by atoms with E-state index in [1.807, 2.05) is 61.7 Å². The van der Waals surface area contributed by atoms with Crippen LogP contribution in [-0.2, 0) is 4.79 Å². The summed E-state index contributed by atoms with van der Waals surface area (Å²) in [6, 6.07) is 16.2. The van der Waals surface area contributed by atoms with Crippen LogP contribution in [0.25, 0.3) is 11.8 Å². The number of halogens is 1. The number of hydrogen-bond acceptors (Lipinski definition) is 4. The third-order valence-corrected chi connectivity index (χ3v) is 6.51. The van der Waals surface area contributed by atoms with Crippen LogP contribution < -0.4 is 0 Å². The van der Waals surface area contributed by atoms with E-state index in [-0.39, 0.29) is 17.2 Å². The fourth-order valence-electron chi connectivity index (χ4n) is 3.99. The highest BCUT2D eigenvalue weighted by Crippen LogP contribution is 2.32. The molecular formula is C25H20FN5OS. The Kier molecular flexibility index (Phi) is 5.09. The molecule has 5 rings (SSSR count). The summed E-state index contributed by atoms with van der Waals surface area (Å²) in [5, 5.41) is 15.7. The largest absolute Gasteiger partial charge is 0.318 e. The molecule has 1 aromatic heterocycles. The molecule has 0 radical (unpaired) electrons. The van der Waals surface area contributed by atoms with Crippen molar-refractivity contribution in [1.82, 2.24) is 9.58 Å². The standard InChI is InChI=1S/C25H20FN5OS/c1-14-6-4-7-17(10-14)24-29-31-22(27)21(23(32)28-25(31)33-24)12-18-11-15(2)30(16(18)3)20-9-5-8-19(26)13-20/h4-13,27H,1-3H3/b21-12+,27-22?. The summed E-state index contributed by atoms with van der Waals surface area (Å²) in [6.07, 6.45) is 1.66. The molecule has 6 nitrogen and oxygen atoms in total. The second kappa shape index (κ2) is 7.97. The van der Waals surface area contributed by atoms with Crippen LogP contribution in [0, 0.1) is 32.0 Å². The van der Waals surface area contributed by atoms with Crippen LogP contribution in [0.5, 0.6) is 0 Å². The molecule has 8 heteroatoms. The number of amides is 1. The van der Waals surface area contributed by atoms with Crippen LogP contribution >= 0.6 is 11.8 Å². The number of benzene rings is 2. The van der Waals surface area contributed by atoms with Gasteiger partial charge in [0.15, 0.2) is 5.84 Å². The quantitative estimate of drug-likeness (QED) is 0.549.